The molecule has 0 atom stereocenters. The number of ether oxygens (including phenoxy) is 1. The molecule has 1 aliphatic rings. The van der Waals surface area contributed by atoms with Crippen LogP contribution in [-0.2, 0) is 21.3 Å². The summed E-state index contributed by atoms with van der Waals surface area (Å²) < 4.78 is 33.1. The third-order valence-corrected chi connectivity index (χ3v) is 5.49. The average molecular weight is 346 g/mol. The van der Waals surface area contributed by atoms with Crippen LogP contribution in [0.1, 0.15) is 11.1 Å². The smallest absolute Gasteiger partial charge is 0.261 e. The molecule has 2 aromatic carbocycles. The van der Waals surface area contributed by atoms with E-state index in [1.807, 2.05) is 25.1 Å². The molecule has 3 rings (SSSR count). The maximum atomic E-state index is 12.5. The largest absolute Gasteiger partial charge is 0.379 e. The predicted molar refractivity (Wildman–Crippen MR) is 94.5 cm³/mol. The van der Waals surface area contributed by atoms with E-state index in [2.05, 4.69) is 9.62 Å². The zero-order valence-electron chi connectivity index (χ0n) is 13.7. The van der Waals surface area contributed by atoms with Crippen molar-refractivity contribution in [3.05, 3.63) is 59.7 Å². The van der Waals surface area contributed by atoms with Gasteiger partial charge in [-0.05, 0) is 36.2 Å². The second-order valence-corrected chi connectivity index (χ2v) is 7.64. The van der Waals surface area contributed by atoms with Crippen LogP contribution in [0.3, 0.4) is 0 Å². The van der Waals surface area contributed by atoms with E-state index in [4.69, 9.17) is 4.74 Å². The SMILES string of the molecule is Cc1ccc(CN2CCOCC2)cc1NS(=O)(=O)c1ccccc1. The van der Waals surface area contributed by atoms with Gasteiger partial charge in [-0.3, -0.25) is 9.62 Å². The molecular formula is C18H22N2O3S. The molecule has 0 spiro atoms. The molecule has 0 aliphatic carbocycles. The molecule has 1 fully saturated rings. The Balaban J connectivity index is 1.79. The molecule has 6 heteroatoms. The highest BCUT2D eigenvalue weighted by molar-refractivity contribution is 7.92. The molecule has 5 nitrogen and oxygen atoms in total. The number of nitrogens with one attached hydrogen (secondary N) is 1. The van der Waals surface area contributed by atoms with Crippen molar-refractivity contribution in [2.24, 2.45) is 0 Å². The quantitative estimate of drug-likeness (QED) is 0.904. The van der Waals surface area contributed by atoms with E-state index in [1.54, 1.807) is 30.3 Å². The predicted octanol–water partition coefficient (Wildman–Crippen LogP) is 2.63. The molecule has 2 aromatic rings. The lowest BCUT2D eigenvalue weighted by atomic mass is 10.1. The summed E-state index contributed by atoms with van der Waals surface area (Å²) in [6.45, 7) is 6.00. The van der Waals surface area contributed by atoms with Gasteiger partial charge in [-0.15, -0.1) is 0 Å². The summed E-state index contributed by atoms with van der Waals surface area (Å²) in [5.41, 5.74) is 2.62. The summed E-state index contributed by atoms with van der Waals surface area (Å²) in [7, 11) is -3.57. The summed E-state index contributed by atoms with van der Waals surface area (Å²) >= 11 is 0. The highest BCUT2D eigenvalue weighted by Crippen LogP contribution is 2.22. The molecule has 1 heterocycles. The van der Waals surface area contributed by atoms with Gasteiger partial charge in [0.05, 0.1) is 23.8 Å². The lowest BCUT2D eigenvalue weighted by molar-refractivity contribution is 0.0342. The number of benzene rings is 2. The van der Waals surface area contributed by atoms with Crippen molar-refractivity contribution in [3.63, 3.8) is 0 Å². The summed E-state index contributed by atoms with van der Waals surface area (Å²) in [4.78, 5) is 2.58. The number of anilines is 1. The first-order valence-electron chi connectivity index (χ1n) is 8.02. The average Bonchev–Trinajstić information content (AvgIpc) is 2.59. The van der Waals surface area contributed by atoms with Gasteiger partial charge in [-0.25, -0.2) is 8.42 Å². The van der Waals surface area contributed by atoms with Crippen molar-refractivity contribution in [2.45, 2.75) is 18.4 Å². The van der Waals surface area contributed by atoms with Crippen molar-refractivity contribution < 1.29 is 13.2 Å². The van der Waals surface area contributed by atoms with E-state index in [1.165, 1.54) is 0 Å². The molecule has 0 unspecified atom stereocenters. The van der Waals surface area contributed by atoms with Crippen molar-refractivity contribution >= 4 is 15.7 Å². The van der Waals surface area contributed by atoms with Crippen LogP contribution in [-0.4, -0.2) is 39.6 Å². The van der Waals surface area contributed by atoms with Crippen LogP contribution in [0.25, 0.3) is 0 Å². The molecule has 0 aromatic heterocycles. The number of aryl methyl sites for hydroxylation is 1. The molecule has 128 valence electrons. The Labute approximate surface area is 143 Å². The maximum Gasteiger partial charge on any atom is 0.261 e. The van der Waals surface area contributed by atoms with Gasteiger partial charge in [0.1, 0.15) is 0 Å². The second-order valence-electron chi connectivity index (χ2n) is 5.96. The number of rotatable bonds is 5. The molecule has 1 saturated heterocycles. The minimum atomic E-state index is -3.57. The van der Waals surface area contributed by atoms with Crippen molar-refractivity contribution in [2.75, 3.05) is 31.0 Å². The van der Waals surface area contributed by atoms with Gasteiger partial charge in [0.15, 0.2) is 0 Å². The summed E-state index contributed by atoms with van der Waals surface area (Å²) in [6.07, 6.45) is 0. The van der Waals surface area contributed by atoms with E-state index in [-0.39, 0.29) is 4.90 Å². The lowest BCUT2D eigenvalue weighted by Crippen LogP contribution is -2.35. The fraction of sp³-hybridized carbons (Fsp3) is 0.333. The van der Waals surface area contributed by atoms with Crippen LogP contribution in [0, 0.1) is 6.92 Å². The zero-order chi connectivity index (χ0) is 17.0. The van der Waals surface area contributed by atoms with Gasteiger partial charge in [0, 0.05) is 19.6 Å². The first kappa shape index (κ1) is 17.0. The highest BCUT2D eigenvalue weighted by atomic mass is 32.2. The molecule has 0 radical (unpaired) electrons. The molecule has 1 N–H and O–H groups in total. The van der Waals surface area contributed by atoms with Crippen LogP contribution in [0.4, 0.5) is 5.69 Å². The van der Waals surface area contributed by atoms with Crippen LogP contribution < -0.4 is 4.72 Å². The van der Waals surface area contributed by atoms with Gasteiger partial charge in [0.25, 0.3) is 10.0 Å². The third-order valence-electron chi connectivity index (χ3n) is 4.11. The van der Waals surface area contributed by atoms with Crippen LogP contribution in [0.2, 0.25) is 0 Å². The Bertz CT molecular complexity index is 785. The fourth-order valence-electron chi connectivity index (χ4n) is 2.70. The first-order chi connectivity index (χ1) is 11.5. The number of hydrogen-bond donors (Lipinski definition) is 1. The van der Waals surface area contributed by atoms with Crippen molar-refractivity contribution in [1.29, 1.82) is 0 Å². The minimum Gasteiger partial charge on any atom is -0.379 e. The number of sulfonamides is 1. The first-order valence-corrected chi connectivity index (χ1v) is 9.50. The van der Waals surface area contributed by atoms with Crippen molar-refractivity contribution in [3.8, 4) is 0 Å². The van der Waals surface area contributed by atoms with Gasteiger partial charge in [0.2, 0.25) is 0 Å². The summed E-state index contributed by atoms with van der Waals surface area (Å²) in [5, 5.41) is 0. The van der Waals surface area contributed by atoms with Gasteiger partial charge >= 0.3 is 0 Å². The molecule has 0 bridgehead atoms. The molecule has 24 heavy (non-hydrogen) atoms. The Morgan fingerprint density at radius 1 is 1.08 bits per heavy atom. The third kappa shape index (κ3) is 4.14. The number of morpholine rings is 1. The van der Waals surface area contributed by atoms with Gasteiger partial charge in [-0.1, -0.05) is 30.3 Å². The summed E-state index contributed by atoms with van der Waals surface area (Å²) in [5.74, 6) is 0. The Hall–Kier alpha value is -1.89. The normalized spacial score (nSPS) is 16.0. The van der Waals surface area contributed by atoms with Crippen LogP contribution >= 0.6 is 0 Å². The second kappa shape index (κ2) is 7.34. The monoisotopic (exact) mass is 346 g/mol. The van der Waals surface area contributed by atoms with E-state index >= 15 is 0 Å². The van der Waals surface area contributed by atoms with Crippen LogP contribution in [0.5, 0.6) is 0 Å². The van der Waals surface area contributed by atoms with Crippen LogP contribution in [0.15, 0.2) is 53.4 Å². The Morgan fingerprint density at radius 3 is 2.50 bits per heavy atom. The molecular weight excluding hydrogens is 324 g/mol. The Kier molecular flexibility index (Phi) is 5.18. The van der Waals surface area contributed by atoms with E-state index < -0.39 is 10.0 Å². The molecule has 1 aliphatic heterocycles. The maximum absolute atomic E-state index is 12.5. The number of hydrogen-bond acceptors (Lipinski definition) is 4. The standard InChI is InChI=1S/C18H22N2O3S/c1-15-7-8-16(14-20-9-11-23-12-10-20)13-18(15)19-24(21,22)17-5-3-2-4-6-17/h2-8,13,19H,9-12,14H2,1H3. The molecule has 0 saturated carbocycles. The van der Waals surface area contributed by atoms with E-state index in [9.17, 15) is 8.42 Å². The van der Waals surface area contributed by atoms with Crippen molar-refractivity contribution in [1.82, 2.24) is 4.90 Å². The minimum absolute atomic E-state index is 0.267. The summed E-state index contributed by atoms with van der Waals surface area (Å²) in [6, 6.07) is 14.3. The fourth-order valence-corrected chi connectivity index (χ4v) is 3.84. The topological polar surface area (TPSA) is 58.6 Å². The van der Waals surface area contributed by atoms with Gasteiger partial charge < -0.3 is 4.74 Å². The zero-order valence-corrected chi connectivity index (χ0v) is 14.6. The Morgan fingerprint density at radius 2 is 1.79 bits per heavy atom. The lowest BCUT2D eigenvalue weighted by Gasteiger charge is -2.26. The number of nitrogens with zero attached hydrogens (tertiary/aromatic N) is 1. The van der Waals surface area contributed by atoms with E-state index in [0.717, 1.165) is 44.0 Å². The molecule has 0 amide bonds. The van der Waals surface area contributed by atoms with E-state index in [0.29, 0.717) is 5.69 Å². The van der Waals surface area contributed by atoms with Gasteiger partial charge in [-0.2, -0.15) is 0 Å². The highest BCUT2D eigenvalue weighted by Gasteiger charge is 2.16.